The van der Waals surface area contributed by atoms with E-state index >= 15 is 0 Å². The quantitative estimate of drug-likeness (QED) is 0.805. The van der Waals surface area contributed by atoms with Crippen molar-refractivity contribution in [2.24, 2.45) is 5.92 Å². The van der Waals surface area contributed by atoms with E-state index in [1.165, 1.54) is 10.7 Å². The highest BCUT2D eigenvalue weighted by Crippen LogP contribution is 2.42. The van der Waals surface area contributed by atoms with Crippen LogP contribution < -0.4 is 5.32 Å². The molecule has 1 amide bonds. The minimum Gasteiger partial charge on any atom is -0.506 e. The predicted octanol–water partition coefficient (Wildman–Crippen LogP) is 3.76. The molecule has 1 aromatic carbocycles. The molecule has 0 bridgehead atoms. The van der Waals surface area contributed by atoms with E-state index in [4.69, 9.17) is 0 Å². The molecule has 1 atom stereocenters. The average molecular weight is 353 g/mol. The van der Waals surface area contributed by atoms with Crippen molar-refractivity contribution in [1.82, 2.24) is 9.78 Å². The highest BCUT2D eigenvalue weighted by Gasteiger charge is 2.38. The van der Waals surface area contributed by atoms with Gasteiger partial charge in [-0.2, -0.15) is 18.3 Å². The summed E-state index contributed by atoms with van der Waals surface area (Å²) < 4.78 is 40.0. The second-order valence-electron chi connectivity index (χ2n) is 6.32. The molecular weight excluding hydrogens is 335 g/mol. The first kappa shape index (κ1) is 17.3. The molecule has 1 aromatic heterocycles. The van der Waals surface area contributed by atoms with Crippen LogP contribution >= 0.6 is 0 Å². The second-order valence-corrected chi connectivity index (χ2v) is 6.32. The van der Waals surface area contributed by atoms with Crippen molar-refractivity contribution in [2.45, 2.75) is 38.4 Å². The third-order valence-corrected chi connectivity index (χ3v) is 4.15. The summed E-state index contributed by atoms with van der Waals surface area (Å²) in [6.07, 6.45) is -2.83. The maximum Gasteiger partial charge on any atom is 0.435 e. The van der Waals surface area contributed by atoms with Crippen molar-refractivity contribution < 1.29 is 23.1 Å². The summed E-state index contributed by atoms with van der Waals surface area (Å²) in [6, 6.07) is 7.35. The lowest BCUT2D eigenvalue weighted by atomic mass is 10.1. The summed E-state index contributed by atoms with van der Waals surface area (Å²) in [7, 11) is 0. The zero-order chi connectivity index (χ0) is 18.2. The fourth-order valence-electron chi connectivity index (χ4n) is 2.60. The zero-order valence-electron chi connectivity index (χ0n) is 13.5. The third-order valence-electron chi connectivity index (χ3n) is 4.15. The summed E-state index contributed by atoms with van der Waals surface area (Å²) in [5.74, 6) is -0.998. The van der Waals surface area contributed by atoms with E-state index in [2.05, 4.69) is 10.4 Å². The second kappa shape index (κ2) is 6.42. The van der Waals surface area contributed by atoms with E-state index < -0.39 is 23.7 Å². The molecule has 2 aromatic rings. The monoisotopic (exact) mass is 353 g/mol. The molecule has 134 valence electrons. The Bertz CT molecular complexity index is 782. The highest BCUT2D eigenvalue weighted by atomic mass is 19.4. The Balaban J connectivity index is 1.74. The lowest BCUT2D eigenvalue weighted by molar-refractivity contribution is -0.141. The number of carbonyl (C=O) groups excluding carboxylic acids is 1. The number of halogens is 3. The topological polar surface area (TPSA) is 67.2 Å². The van der Waals surface area contributed by atoms with E-state index in [1.807, 2.05) is 0 Å². The number of carbonyl (C=O) groups is 1. The standard InChI is InChI=1S/C17H18F3N3O2/c1-10(16(25)21-12-4-2-3-5-14(12)24)9-23-13(11-6-7-11)8-15(22-23)17(18,19)20/h2-5,8,10-11,24H,6-7,9H2,1H3,(H,21,25). The third kappa shape index (κ3) is 3.94. The summed E-state index contributed by atoms with van der Waals surface area (Å²) in [5, 5.41) is 15.9. The van der Waals surface area contributed by atoms with Gasteiger partial charge in [-0.1, -0.05) is 19.1 Å². The van der Waals surface area contributed by atoms with Gasteiger partial charge in [0.2, 0.25) is 5.91 Å². The zero-order valence-corrected chi connectivity index (χ0v) is 13.5. The first-order chi connectivity index (χ1) is 11.8. The first-order valence-electron chi connectivity index (χ1n) is 7.99. The van der Waals surface area contributed by atoms with Gasteiger partial charge in [-0.3, -0.25) is 9.48 Å². The molecule has 2 N–H and O–H groups in total. The molecule has 0 spiro atoms. The van der Waals surface area contributed by atoms with Gasteiger partial charge in [-0.25, -0.2) is 0 Å². The Kier molecular flexibility index (Phi) is 4.45. The van der Waals surface area contributed by atoms with E-state index in [0.29, 0.717) is 5.69 Å². The lowest BCUT2D eigenvalue weighted by Gasteiger charge is -2.15. The van der Waals surface area contributed by atoms with Crippen molar-refractivity contribution in [3.8, 4) is 5.75 Å². The lowest BCUT2D eigenvalue weighted by Crippen LogP contribution is -2.25. The fourth-order valence-corrected chi connectivity index (χ4v) is 2.60. The van der Waals surface area contributed by atoms with Crippen LogP contribution in [-0.4, -0.2) is 20.8 Å². The van der Waals surface area contributed by atoms with Gasteiger partial charge < -0.3 is 10.4 Å². The number of benzene rings is 1. The van der Waals surface area contributed by atoms with Crippen molar-refractivity contribution >= 4 is 11.6 Å². The molecule has 0 saturated heterocycles. The van der Waals surface area contributed by atoms with Gasteiger partial charge in [-0.05, 0) is 31.0 Å². The Hall–Kier alpha value is -2.51. The number of anilines is 1. The van der Waals surface area contributed by atoms with Crippen LogP contribution in [0.2, 0.25) is 0 Å². The number of para-hydroxylation sites is 2. The number of aromatic nitrogens is 2. The van der Waals surface area contributed by atoms with Crippen molar-refractivity contribution in [3.63, 3.8) is 0 Å². The number of alkyl halides is 3. The van der Waals surface area contributed by atoms with Crippen LogP contribution in [0, 0.1) is 5.92 Å². The van der Waals surface area contributed by atoms with Crippen LogP contribution in [0.15, 0.2) is 30.3 Å². The van der Waals surface area contributed by atoms with Crippen LogP contribution in [0.4, 0.5) is 18.9 Å². The minimum absolute atomic E-state index is 0.0430. The molecule has 0 aliphatic heterocycles. The Morgan fingerprint density at radius 3 is 2.68 bits per heavy atom. The number of aromatic hydroxyl groups is 1. The van der Waals surface area contributed by atoms with Gasteiger partial charge in [0.25, 0.3) is 0 Å². The molecule has 5 nitrogen and oxygen atoms in total. The molecular formula is C17H18F3N3O2. The fraction of sp³-hybridized carbons (Fsp3) is 0.412. The number of phenols is 1. The number of hydrogen-bond donors (Lipinski definition) is 2. The maximum absolute atomic E-state index is 12.9. The summed E-state index contributed by atoms with van der Waals surface area (Å²) in [6.45, 7) is 1.66. The molecule has 25 heavy (non-hydrogen) atoms. The van der Waals surface area contributed by atoms with Crippen molar-refractivity contribution in [2.75, 3.05) is 5.32 Å². The summed E-state index contributed by atoms with van der Waals surface area (Å²) in [4.78, 5) is 12.3. The van der Waals surface area contributed by atoms with E-state index in [0.717, 1.165) is 18.9 Å². The number of amides is 1. The number of hydrogen-bond acceptors (Lipinski definition) is 3. The Morgan fingerprint density at radius 1 is 1.40 bits per heavy atom. The number of nitrogens with zero attached hydrogens (tertiary/aromatic N) is 2. The number of rotatable bonds is 5. The van der Waals surface area contributed by atoms with Gasteiger partial charge in [0.05, 0.1) is 18.2 Å². The normalized spacial score (nSPS) is 15.8. The van der Waals surface area contributed by atoms with Crippen LogP contribution in [0.25, 0.3) is 0 Å². The van der Waals surface area contributed by atoms with Gasteiger partial charge in [-0.15, -0.1) is 0 Å². The largest absolute Gasteiger partial charge is 0.506 e. The summed E-state index contributed by atoms with van der Waals surface area (Å²) in [5.41, 5.74) is -0.143. The van der Waals surface area contributed by atoms with E-state index in [9.17, 15) is 23.1 Å². The molecule has 1 fully saturated rings. The van der Waals surface area contributed by atoms with Crippen LogP contribution in [0.3, 0.4) is 0 Å². The summed E-state index contributed by atoms with van der Waals surface area (Å²) >= 11 is 0. The van der Waals surface area contributed by atoms with Crippen LogP contribution in [-0.2, 0) is 17.5 Å². The molecule has 1 unspecified atom stereocenters. The van der Waals surface area contributed by atoms with Gasteiger partial charge in [0.15, 0.2) is 5.69 Å². The number of nitrogens with one attached hydrogen (secondary N) is 1. The van der Waals surface area contributed by atoms with E-state index in [1.54, 1.807) is 25.1 Å². The molecule has 8 heteroatoms. The molecule has 0 radical (unpaired) electrons. The van der Waals surface area contributed by atoms with Gasteiger partial charge in [0.1, 0.15) is 5.75 Å². The first-order valence-corrected chi connectivity index (χ1v) is 7.99. The van der Waals surface area contributed by atoms with Crippen LogP contribution in [0.1, 0.15) is 37.1 Å². The van der Waals surface area contributed by atoms with Crippen molar-refractivity contribution in [1.29, 1.82) is 0 Å². The SMILES string of the molecule is CC(Cn1nc(C(F)(F)F)cc1C1CC1)C(=O)Nc1ccccc1O. The van der Waals surface area contributed by atoms with Gasteiger partial charge in [0, 0.05) is 11.6 Å². The predicted molar refractivity (Wildman–Crippen MR) is 85.1 cm³/mol. The molecule has 3 rings (SSSR count). The van der Waals surface area contributed by atoms with Gasteiger partial charge >= 0.3 is 6.18 Å². The molecule has 1 heterocycles. The maximum atomic E-state index is 12.9. The molecule has 1 aliphatic rings. The molecule has 1 aliphatic carbocycles. The van der Waals surface area contributed by atoms with Crippen molar-refractivity contribution in [3.05, 3.63) is 41.7 Å². The van der Waals surface area contributed by atoms with E-state index in [-0.39, 0.29) is 23.9 Å². The minimum atomic E-state index is -4.50. The molecule has 1 saturated carbocycles. The number of phenolic OH excluding ortho intramolecular Hbond substituents is 1. The smallest absolute Gasteiger partial charge is 0.435 e. The van der Waals surface area contributed by atoms with Crippen LogP contribution in [0.5, 0.6) is 5.75 Å². The highest BCUT2D eigenvalue weighted by molar-refractivity contribution is 5.93. The average Bonchev–Trinajstić information content (AvgIpc) is 3.29. The Labute approximate surface area is 142 Å². The Morgan fingerprint density at radius 2 is 2.08 bits per heavy atom.